The third-order valence-corrected chi connectivity index (χ3v) is 20.2. The number of fused-ring (bicyclic) bond motifs is 6. The molecule has 6 N–H and O–H groups in total. The number of esters is 1. The summed E-state index contributed by atoms with van der Waals surface area (Å²) in [5.41, 5.74) is 10.1. The van der Waals surface area contributed by atoms with Gasteiger partial charge >= 0.3 is 11.9 Å². The van der Waals surface area contributed by atoms with Gasteiger partial charge in [0.2, 0.25) is 10.0 Å². The quantitative estimate of drug-likeness (QED) is 0.0113. The Morgan fingerprint density at radius 1 is 0.577 bits per heavy atom. The number of carbonyl (C=O) groups is 4. The first-order chi connectivity index (χ1) is 50.3. The second-order valence-corrected chi connectivity index (χ2v) is 27.7. The Kier molecular flexibility index (Phi) is 27.4. The lowest BCUT2D eigenvalue weighted by atomic mass is 9.82. The number of unbranched alkanes of at least 4 members (excludes halogenated alkanes) is 3. The van der Waals surface area contributed by atoms with Crippen LogP contribution in [0.25, 0.3) is 0 Å². The Morgan fingerprint density at radius 3 is 1.63 bits per heavy atom. The summed E-state index contributed by atoms with van der Waals surface area (Å²) < 4.78 is 111. The van der Waals surface area contributed by atoms with Crippen LogP contribution in [0.2, 0.25) is 0 Å². The minimum atomic E-state index is -4.97. The van der Waals surface area contributed by atoms with Gasteiger partial charge < -0.3 is 59.1 Å². The number of carboxylic acid groups (broad SMARTS) is 1. The van der Waals surface area contributed by atoms with Gasteiger partial charge in [-0.05, 0) is 94.5 Å². The summed E-state index contributed by atoms with van der Waals surface area (Å²) in [4.78, 5) is 50.8. The molecule has 0 radical (unpaired) electrons. The molecule has 554 valence electrons. The maximum Gasteiger partial charge on any atom is 0.376 e. The predicted octanol–water partition coefficient (Wildman–Crippen LogP) is 6.87. The topological polar surface area (TPSA) is 360 Å². The molecule has 10 rings (SSSR count). The number of carbonyl (C=O) groups excluding carboxylic acids is 3. The van der Waals surface area contributed by atoms with Crippen LogP contribution in [0.4, 0.5) is 11.4 Å². The van der Waals surface area contributed by atoms with E-state index in [9.17, 15) is 40.6 Å². The van der Waals surface area contributed by atoms with Gasteiger partial charge in [-0.15, -0.1) is 10.2 Å². The Labute approximate surface area is 602 Å². The number of nitrogens with zero attached hydrogens (tertiary/aromatic N) is 8. The summed E-state index contributed by atoms with van der Waals surface area (Å²) in [6.07, 6.45) is 2.22. The molecule has 2 aromatic heterocycles. The fourth-order valence-electron chi connectivity index (χ4n) is 12.6. The Bertz CT molecular complexity index is 4920. The first kappa shape index (κ1) is 77.3. The van der Waals surface area contributed by atoms with Crippen LogP contribution in [0.1, 0.15) is 98.3 Å². The van der Waals surface area contributed by atoms with Crippen molar-refractivity contribution in [2.45, 2.75) is 94.6 Å². The number of anilines is 2. The molecule has 2 aliphatic rings. The molecule has 0 bridgehead atoms. The van der Waals surface area contributed by atoms with Crippen molar-refractivity contribution in [3.63, 3.8) is 0 Å². The van der Waals surface area contributed by atoms with Crippen molar-refractivity contribution in [2.75, 3.05) is 122 Å². The molecule has 0 spiro atoms. The highest BCUT2D eigenvalue weighted by Gasteiger charge is 2.35. The number of aromatic nitrogens is 6. The molecule has 1 amide bonds. The first-order valence-corrected chi connectivity index (χ1v) is 37.8. The summed E-state index contributed by atoms with van der Waals surface area (Å²) in [7, 11) is -9.25. The molecular weight excluding hydrogens is 1380 g/mol. The van der Waals surface area contributed by atoms with Crippen molar-refractivity contribution in [3.8, 4) is 11.5 Å². The number of ketones is 1. The van der Waals surface area contributed by atoms with Crippen LogP contribution >= 0.6 is 0 Å². The Balaban J connectivity index is 0.677. The van der Waals surface area contributed by atoms with E-state index < -0.39 is 61.1 Å². The molecule has 3 heterocycles. The number of Topliss-reactive ketones (excluding diaryl/α,β-unsaturated/α-hetero) is 1. The number of amides is 1. The lowest BCUT2D eigenvalue weighted by molar-refractivity contribution is -0.155. The number of aliphatic carboxylic acids is 1. The third-order valence-electron chi connectivity index (χ3n) is 17.9. The zero-order valence-corrected chi connectivity index (χ0v) is 60.4. The van der Waals surface area contributed by atoms with Crippen molar-refractivity contribution < 1.29 is 78.8 Å². The summed E-state index contributed by atoms with van der Waals surface area (Å²) in [5.74, 6) is -3.40. The van der Waals surface area contributed by atoms with Gasteiger partial charge in [0.15, 0.2) is 0 Å². The monoisotopic (exact) mass is 1470 g/mol. The summed E-state index contributed by atoms with van der Waals surface area (Å²) in [6, 6.07) is 37.0. The highest BCUT2D eigenvalue weighted by molar-refractivity contribution is 7.89. The molecular formula is C74H89N11O17S2. The largest absolute Gasteiger partial charge is 0.481 e. The molecule has 0 fully saturated rings. The number of nitrogens with one attached hydrogen (secondary N) is 2. The van der Waals surface area contributed by atoms with Gasteiger partial charge in [-0.2, -0.15) is 8.42 Å². The molecule has 0 unspecified atom stereocenters. The lowest BCUT2D eigenvalue weighted by Crippen LogP contribution is -2.38. The molecule has 1 atom stereocenters. The Morgan fingerprint density at radius 2 is 1.08 bits per heavy atom. The standard InChI is InChI=1S/C74H89N11O17S2/c1-5-82(6-2)52-25-28-59-63(45-52)102-64-46-53(83(7-3)8-4)26-29-60(64)67(59)61-30-27-54(47-65(61)104(93,94)95)103(91,92)77-32-37-98-41-43-100-44-42-99-38-33-84-70-57-19-13-14-20-58(57)71-69(56-18-12-11-17-55(56)68(70)78-80-84)79-81-85(71)49-50-21-23-51(24-22-50)73(89)76-31-36-97-40-39-96-34-15-9-10-16-35-101-74(90)72(88)62(75)48-66(86)87/h11-14,17-30,45-47,62,67,77H,5-10,15-16,31-44,48-49,75H2,1-4H3,(H,76,89)(H,86,87)(H,93,94,95)/b68-55+,69-56+,70-57+,71-58+/t62-/m0/s1. The number of sulfonamides is 1. The fraction of sp³-hybridized carbons (Fsp3) is 0.405. The SMILES string of the molecule is CCN(CC)c1ccc2c(c1)Oc1cc(N(CC)CC)ccc1C2c1ccc(S(=O)(=O)NCCOCCOCCOCCn2nnc3/c2=c2/cccc/c2=c2/c(nnn2Cc2ccc(C(=O)NCCOCCOCCCCCCOC(=O)C(=O)[C@@H](N)CC(=O)O)cc2)=c2/cccc/c2=3)cc1S(=O)(=O)O. The van der Waals surface area contributed by atoms with Gasteiger partial charge in [-0.25, -0.2) is 27.3 Å². The van der Waals surface area contributed by atoms with Gasteiger partial charge in [0.1, 0.15) is 22.2 Å². The van der Waals surface area contributed by atoms with Gasteiger partial charge in [-0.3, -0.25) is 18.9 Å². The van der Waals surface area contributed by atoms with E-state index in [1.54, 1.807) is 12.1 Å². The lowest BCUT2D eigenvalue weighted by Gasteiger charge is -2.32. The number of nitrogens with two attached hydrogens (primary N) is 1. The highest BCUT2D eigenvalue weighted by Crippen LogP contribution is 2.51. The van der Waals surface area contributed by atoms with Gasteiger partial charge in [0, 0.05) is 113 Å². The summed E-state index contributed by atoms with van der Waals surface area (Å²) in [6.45, 7) is 14.8. The number of benzene rings is 6. The smallest absolute Gasteiger partial charge is 0.376 e. The molecule has 0 saturated carbocycles. The van der Waals surface area contributed by atoms with E-state index in [2.05, 4.69) is 58.0 Å². The highest BCUT2D eigenvalue weighted by atomic mass is 32.2. The van der Waals surface area contributed by atoms with Crippen molar-refractivity contribution in [3.05, 3.63) is 197 Å². The number of rotatable bonds is 42. The van der Waals surface area contributed by atoms with Crippen molar-refractivity contribution in [2.24, 2.45) is 5.73 Å². The van der Waals surface area contributed by atoms with E-state index in [1.165, 1.54) is 12.1 Å². The number of carboxylic acids is 1. The number of hydrogen-bond donors (Lipinski definition) is 5. The normalized spacial score (nSPS) is 14.1. The molecule has 28 nitrogen and oxygen atoms in total. The molecule has 1 aliphatic heterocycles. The van der Waals surface area contributed by atoms with Crippen LogP contribution in [0.15, 0.2) is 137 Å². The van der Waals surface area contributed by atoms with Crippen molar-refractivity contribution in [1.82, 2.24) is 40.0 Å². The second-order valence-electron chi connectivity index (χ2n) is 24.6. The van der Waals surface area contributed by atoms with E-state index in [4.69, 9.17) is 54.2 Å². The van der Waals surface area contributed by atoms with E-state index in [1.807, 2.05) is 106 Å². The summed E-state index contributed by atoms with van der Waals surface area (Å²) >= 11 is 0. The molecule has 1 aliphatic carbocycles. The van der Waals surface area contributed by atoms with Crippen LogP contribution in [0.3, 0.4) is 0 Å². The minimum Gasteiger partial charge on any atom is -0.481 e. The van der Waals surface area contributed by atoms with Gasteiger partial charge in [0.05, 0.1) is 112 Å². The van der Waals surface area contributed by atoms with E-state index in [0.29, 0.717) is 91.4 Å². The van der Waals surface area contributed by atoms with Gasteiger partial charge in [-0.1, -0.05) is 95.7 Å². The third kappa shape index (κ3) is 19.3. The number of ether oxygens (including phenoxy) is 7. The second kappa shape index (κ2) is 36.9. The van der Waals surface area contributed by atoms with E-state index in [-0.39, 0.29) is 69.2 Å². The van der Waals surface area contributed by atoms with E-state index in [0.717, 1.165) is 100 Å². The molecule has 30 heteroatoms. The zero-order valence-electron chi connectivity index (χ0n) is 58.7. The fourth-order valence-corrected chi connectivity index (χ4v) is 14.4. The maximum absolute atomic E-state index is 13.7. The summed E-state index contributed by atoms with van der Waals surface area (Å²) in [5, 5.41) is 36.8. The zero-order chi connectivity index (χ0) is 73.8. The van der Waals surface area contributed by atoms with Crippen LogP contribution in [0, 0.1) is 42.3 Å². The van der Waals surface area contributed by atoms with Gasteiger partial charge in [0.25, 0.3) is 21.8 Å². The van der Waals surface area contributed by atoms with Crippen LogP contribution in [0.5, 0.6) is 11.5 Å². The molecule has 104 heavy (non-hydrogen) atoms. The number of hydrogen-bond acceptors (Lipinski definition) is 22. The first-order valence-electron chi connectivity index (χ1n) is 34.9. The average Bonchev–Trinajstić information content (AvgIpc) is 1.03. The molecule has 6 aromatic carbocycles. The minimum absolute atomic E-state index is 0.0138. The maximum atomic E-state index is 13.7. The van der Waals surface area contributed by atoms with Crippen LogP contribution in [-0.2, 0) is 76.0 Å². The van der Waals surface area contributed by atoms with Crippen molar-refractivity contribution in [1.29, 1.82) is 0 Å². The molecule has 0 saturated heterocycles. The predicted molar refractivity (Wildman–Crippen MR) is 383 cm³/mol. The van der Waals surface area contributed by atoms with Crippen LogP contribution < -0.4 is 30.3 Å². The van der Waals surface area contributed by atoms with Crippen LogP contribution in [-0.4, -0.2) is 198 Å². The van der Waals surface area contributed by atoms with E-state index >= 15 is 0 Å². The van der Waals surface area contributed by atoms with Crippen molar-refractivity contribution >= 4 is 55.1 Å². The Hall–Kier alpha value is -9.34. The molecule has 8 aromatic rings. The average molecular weight is 1470 g/mol.